The van der Waals surface area contributed by atoms with E-state index in [1.54, 1.807) is 22.7 Å². The van der Waals surface area contributed by atoms with Gasteiger partial charge in [-0.3, -0.25) is 0 Å². The maximum atomic E-state index is 4.73. The van der Waals surface area contributed by atoms with Gasteiger partial charge in [-0.1, -0.05) is 24.3 Å². The van der Waals surface area contributed by atoms with Crippen molar-refractivity contribution in [2.45, 2.75) is 0 Å². The number of benzene rings is 4. The number of nitrogens with zero attached hydrogens (tertiary/aromatic N) is 2. The topological polar surface area (TPSA) is 49.8 Å². The third-order valence-electron chi connectivity index (χ3n) is 5.20. The van der Waals surface area contributed by atoms with Crippen LogP contribution in [0.1, 0.15) is 0 Å². The minimum absolute atomic E-state index is 0.991. The van der Waals surface area contributed by atoms with Crippen LogP contribution in [-0.2, 0) is 0 Å². The van der Waals surface area contributed by atoms with E-state index in [9.17, 15) is 0 Å². The molecule has 32 heavy (non-hydrogen) atoms. The van der Waals surface area contributed by atoms with Gasteiger partial charge in [0, 0.05) is 11.1 Å². The van der Waals surface area contributed by atoms with E-state index in [0.717, 1.165) is 43.6 Å². The lowest BCUT2D eigenvalue weighted by atomic mass is 10.2. The van der Waals surface area contributed by atoms with Gasteiger partial charge >= 0.3 is 0 Å². The third kappa shape index (κ3) is 3.70. The number of thiazole rings is 2. The van der Waals surface area contributed by atoms with Crippen LogP contribution in [0.15, 0.2) is 97.1 Å². The van der Waals surface area contributed by atoms with Gasteiger partial charge in [0.05, 0.1) is 31.8 Å². The van der Waals surface area contributed by atoms with Crippen LogP contribution < -0.4 is 10.9 Å². The highest BCUT2D eigenvalue weighted by molar-refractivity contribution is 7.22. The summed E-state index contributed by atoms with van der Waals surface area (Å²) < 4.78 is 2.42. The summed E-state index contributed by atoms with van der Waals surface area (Å²) in [5.41, 5.74) is 12.9. The molecule has 0 aliphatic carbocycles. The highest BCUT2D eigenvalue weighted by Gasteiger charge is 2.07. The Balaban J connectivity index is 1.13. The number of hydrogen-bond acceptors (Lipinski definition) is 6. The lowest BCUT2D eigenvalue weighted by Gasteiger charge is -2.10. The quantitative estimate of drug-likeness (QED) is 0.264. The van der Waals surface area contributed by atoms with Gasteiger partial charge in [0.1, 0.15) is 10.0 Å². The molecule has 4 aromatic carbocycles. The van der Waals surface area contributed by atoms with Crippen molar-refractivity contribution in [3.05, 3.63) is 97.1 Å². The fraction of sp³-hybridized carbons (Fsp3) is 0. The Labute approximate surface area is 193 Å². The highest BCUT2D eigenvalue weighted by atomic mass is 32.1. The van der Waals surface area contributed by atoms with E-state index in [2.05, 4.69) is 95.8 Å². The Morgan fingerprint density at radius 3 is 1.28 bits per heavy atom. The Morgan fingerprint density at radius 1 is 0.469 bits per heavy atom. The summed E-state index contributed by atoms with van der Waals surface area (Å²) >= 11 is 3.43. The van der Waals surface area contributed by atoms with E-state index in [1.807, 2.05) is 12.1 Å². The van der Waals surface area contributed by atoms with Crippen molar-refractivity contribution in [3.8, 4) is 21.1 Å². The molecule has 0 aliphatic heterocycles. The molecule has 2 heterocycles. The lowest BCUT2D eigenvalue weighted by Crippen LogP contribution is -2.08. The van der Waals surface area contributed by atoms with Crippen molar-refractivity contribution >= 4 is 54.5 Å². The number of para-hydroxylation sites is 2. The van der Waals surface area contributed by atoms with Crippen LogP contribution in [0.5, 0.6) is 0 Å². The van der Waals surface area contributed by atoms with Gasteiger partial charge in [-0.25, -0.2) is 9.97 Å². The van der Waals surface area contributed by atoms with Crippen LogP contribution in [0.2, 0.25) is 0 Å². The Hall–Kier alpha value is -3.74. The molecule has 2 aromatic heterocycles. The molecule has 154 valence electrons. The summed E-state index contributed by atoms with van der Waals surface area (Å²) in [5, 5.41) is 2.08. The first kappa shape index (κ1) is 19.0. The van der Waals surface area contributed by atoms with Crippen LogP contribution in [0.3, 0.4) is 0 Å². The molecular weight excluding hydrogens is 432 g/mol. The van der Waals surface area contributed by atoms with Crippen molar-refractivity contribution in [3.63, 3.8) is 0 Å². The summed E-state index contributed by atoms with van der Waals surface area (Å²) in [7, 11) is 0. The predicted molar refractivity (Wildman–Crippen MR) is 137 cm³/mol. The normalized spacial score (nSPS) is 11.1. The summed E-state index contributed by atoms with van der Waals surface area (Å²) in [6.07, 6.45) is 0. The van der Waals surface area contributed by atoms with Gasteiger partial charge < -0.3 is 10.9 Å². The second-order valence-electron chi connectivity index (χ2n) is 7.38. The van der Waals surface area contributed by atoms with Crippen LogP contribution >= 0.6 is 22.7 Å². The summed E-state index contributed by atoms with van der Waals surface area (Å²) in [6.45, 7) is 0. The first-order chi connectivity index (χ1) is 15.8. The van der Waals surface area contributed by atoms with Gasteiger partial charge in [0.2, 0.25) is 0 Å². The molecule has 0 unspecified atom stereocenters. The van der Waals surface area contributed by atoms with E-state index < -0.39 is 0 Å². The molecule has 0 spiro atoms. The fourth-order valence-electron chi connectivity index (χ4n) is 3.53. The van der Waals surface area contributed by atoms with Crippen LogP contribution in [0.25, 0.3) is 41.6 Å². The zero-order valence-electron chi connectivity index (χ0n) is 16.9. The van der Waals surface area contributed by atoms with Gasteiger partial charge in [-0.2, -0.15) is 0 Å². The van der Waals surface area contributed by atoms with Gasteiger partial charge in [0.15, 0.2) is 0 Å². The number of hydrogen-bond donors (Lipinski definition) is 2. The minimum atomic E-state index is 0.991. The molecule has 0 bridgehead atoms. The monoisotopic (exact) mass is 450 g/mol. The largest absolute Gasteiger partial charge is 0.301 e. The second-order valence-corrected chi connectivity index (χ2v) is 9.44. The standard InChI is InChI=1S/C26H18N4S2/c1-3-7-23-21(5-1)27-25(31-23)17-9-13-19(14-10-17)29-30-20-15-11-18(12-16-20)26-28-22-6-2-4-8-24(22)32-26/h1-16,29-30H. The van der Waals surface area contributed by atoms with Gasteiger partial charge in [-0.15, -0.1) is 22.7 Å². The number of nitrogens with one attached hydrogen (secondary N) is 2. The first-order valence-electron chi connectivity index (χ1n) is 10.3. The average molecular weight is 451 g/mol. The zero-order chi connectivity index (χ0) is 21.3. The van der Waals surface area contributed by atoms with Crippen LogP contribution in [0.4, 0.5) is 11.4 Å². The van der Waals surface area contributed by atoms with Crippen molar-refractivity contribution in [2.24, 2.45) is 0 Å². The third-order valence-corrected chi connectivity index (χ3v) is 7.37. The fourth-order valence-corrected chi connectivity index (χ4v) is 5.47. The average Bonchev–Trinajstić information content (AvgIpc) is 3.48. The molecule has 6 heteroatoms. The van der Waals surface area contributed by atoms with Crippen molar-refractivity contribution in [1.29, 1.82) is 0 Å². The molecule has 0 saturated heterocycles. The molecule has 6 rings (SSSR count). The smallest absolute Gasteiger partial charge is 0.124 e. The van der Waals surface area contributed by atoms with Crippen molar-refractivity contribution < 1.29 is 0 Å². The molecule has 2 N–H and O–H groups in total. The molecule has 4 nitrogen and oxygen atoms in total. The molecule has 0 atom stereocenters. The number of rotatable bonds is 5. The highest BCUT2D eigenvalue weighted by Crippen LogP contribution is 2.32. The van der Waals surface area contributed by atoms with Crippen molar-refractivity contribution in [2.75, 3.05) is 10.9 Å². The number of hydrazine groups is 1. The van der Waals surface area contributed by atoms with Gasteiger partial charge in [0.25, 0.3) is 0 Å². The molecular formula is C26H18N4S2. The van der Waals surface area contributed by atoms with Gasteiger partial charge in [-0.05, 0) is 72.8 Å². The number of aromatic nitrogens is 2. The Kier molecular flexibility index (Phi) is 4.79. The van der Waals surface area contributed by atoms with E-state index in [-0.39, 0.29) is 0 Å². The molecule has 0 saturated carbocycles. The maximum absolute atomic E-state index is 4.73. The van der Waals surface area contributed by atoms with Crippen LogP contribution in [0, 0.1) is 0 Å². The van der Waals surface area contributed by atoms with Crippen molar-refractivity contribution in [1.82, 2.24) is 9.97 Å². The van der Waals surface area contributed by atoms with E-state index in [0.29, 0.717) is 0 Å². The summed E-state index contributed by atoms with van der Waals surface area (Å²) in [5.74, 6) is 0. The lowest BCUT2D eigenvalue weighted by molar-refractivity contribution is 1.40. The maximum Gasteiger partial charge on any atom is 0.124 e. The molecule has 6 aromatic rings. The van der Waals surface area contributed by atoms with E-state index in [1.165, 1.54) is 9.40 Å². The molecule has 0 aliphatic rings. The van der Waals surface area contributed by atoms with Crippen LogP contribution in [-0.4, -0.2) is 9.97 Å². The predicted octanol–water partition coefficient (Wildman–Crippen LogP) is 7.68. The molecule has 0 fully saturated rings. The first-order valence-corrected chi connectivity index (χ1v) is 11.9. The summed E-state index contributed by atoms with van der Waals surface area (Å²) in [6, 6.07) is 33.1. The zero-order valence-corrected chi connectivity index (χ0v) is 18.6. The minimum Gasteiger partial charge on any atom is -0.301 e. The molecule has 0 amide bonds. The second kappa shape index (κ2) is 8.07. The van der Waals surface area contributed by atoms with E-state index >= 15 is 0 Å². The number of anilines is 2. The van der Waals surface area contributed by atoms with E-state index in [4.69, 9.17) is 9.97 Å². The molecule has 0 radical (unpaired) electrons. The summed E-state index contributed by atoms with van der Waals surface area (Å²) in [4.78, 5) is 9.46. The Morgan fingerprint density at radius 2 is 0.875 bits per heavy atom. The Bertz CT molecular complexity index is 1330. The number of fused-ring (bicyclic) bond motifs is 2. The SMILES string of the molecule is c1ccc2sc(-c3ccc(NNc4ccc(-c5nc6ccccc6s5)cc4)cc3)nc2c1.